The molecule has 0 bridgehead atoms. The summed E-state index contributed by atoms with van der Waals surface area (Å²) in [7, 11) is 1.60. The molecule has 8 heteroatoms. The SMILES string of the molecule is COc1ccccc1-n1nnnc1SC[C@@H](O)COc1cccc2ccccc12. The quantitative estimate of drug-likeness (QED) is 0.448. The molecule has 4 rings (SSSR count). The van der Waals surface area contributed by atoms with E-state index in [1.54, 1.807) is 11.8 Å². The zero-order valence-corrected chi connectivity index (χ0v) is 16.6. The van der Waals surface area contributed by atoms with Crippen LogP contribution in [0.15, 0.2) is 71.9 Å². The van der Waals surface area contributed by atoms with Gasteiger partial charge in [0.05, 0.1) is 13.2 Å². The molecule has 0 fully saturated rings. The van der Waals surface area contributed by atoms with E-state index in [2.05, 4.69) is 15.5 Å². The highest BCUT2D eigenvalue weighted by molar-refractivity contribution is 7.99. The Hall–Kier alpha value is -3.10. The zero-order valence-electron chi connectivity index (χ0n) is 15.8. The van der Waals surface area contributed by atoms with Crippen LogP contribution in [-0.2, 0) is 0 Å². The predicted molar refractivity (Wildman–Crippen MR) is 112 cm³/mol. The Balaban J connectivity index is 1.39. The number of methoxy groups -OCH3 is 1. The highest BCUT2D eigenvalue weighted by atomic mass is 32.2. The molecule has 1 heterocycles. The Labute approximate surface area is 172 Å². The van der Waals surface area contributed by atoms with Gasteiger partial charge in [-0.25, -0.2) is 0 Å². The maximum atomic E-state index is 10.4. The molecular formula is C21H20N4O3S. The minimum absolute atomic E-state index is 0.178. The summed E-state index contributed by atoms with van der Waals surface area (Å²) in [5.74, 6) is 1.81. The van der Waals surface area contributed by atoms with Gasteiger partial charge in [-0.15, -0.1) is 5.10 Å². The molecule has 0 radical (unpaired) electrons. The molecule has 0 saturated carbocycles. The van der Waals surface area contributed by atoms with Crippen LogP contribution in [0.4, 0.5) is 0 Å². The highest BCUT2D eigenvalue weighted by Crippen LogP contribution is 2.27. The van der Waals surface area contributed by atoms with Crippen molar-refractivity contribution in [1.82, 2.24) is 20.2 Å². The van der Waals surface area contributed by atoms with Crippen molar-refractivity contribution in [3.8, 4) is 17.2 Å². The van der Waals surface area contributed by atoms with Gasteiger partial charge < -0.3 is 14.6 Å². The Morgan fingerprint density at radius 2 is 1.76 bits per heavy atom. The first-order valence-electron chi connectivity index (χ1n) is 9.09. The van der Waals surface area contributed by atoms with E-state index in [1.807, 2.05) is 66.7 Å². The molecule has 4 aromatic rings. The number of hydrogen-bond donors (Lipinski definition) is 1. The predicted octanol–water partition coefficient (Wildman–Crippen LogP) is 3.36. The molecule has 0 aliphatic rings. The van der Waals surface area contributed by atoms with Crippen LogP contribution in [-0.4, -0.2) is 50.9 Å². The smallest absolute Gasteiger partial charge is 0.214 e. The fraction of sp³-hybridized carbons (Fsp3) is 0.190. The number of thioether (sulfide) groups is 1. The van der Waals surface area contributed by atoms with E-state index >= 15 is 0 Å². The Morgan fingerprint density at radius 3 is 2.66 bits per heavy atom. The molecule has 0 saturated heterocycles. The van der Waals surface area contributed by atoms with Gasteiger partial charge in [-0.3, -0.25) is 0 Å². The first-order valence-corrected chi connectivity index (χ1v) is 10.1. The van der Waals surface area contributed by atoms with Crippen LogP contribution in [0.1, 0.15) is 0 Å². The number of aliphatic hydroxyl groups excluding tert-OH is 1. The summed E-state index contributed by atoms with van der Waals surface area (Å²) in [5.41, 5.74) is 0.740. The maximum Gasteiger partial charge on any atom is 0.214 e. The van der Waals surface area contributed by atoms with Crippen molar-refractivity contribution < 1.29 is 14.6 Å². The Bertz CT molecular complexity index is 1100. The van der Waals surface area contributed by atoms with Gasteiger partial charge in [0.1, 0.15) is 23.8 Å². The molecule has 148 valence electrons. The molecule has 1 N–H and O–H groups in total. The second kappa shape index (κ2) is 8.93. The number of aliphatic hydroxyl groups is 1. The maximum absolute atomic E-state index is 10.4. The third-order valence-corrected chi connectivity index (χ3v) is 5.40. The van der Waals surface area contributed by atoms with E-state index < -0.39 is 6.10 Å². The third-order valence-electron chi connectivity index (χ3n) is 4.34. The fourth-order valence-electron chi connectivity index (χ4n) is 2.95. The molecular weight excluding hydrogens is 388 g/mol. The summed E-state index contributed by atoms with van der Waals surface area (Å²) >= 11 is 1.36. The average molecular weight is 408 g/mol. The molecule has 1 atom stereocenters. The van der Waals surface area contributed by atoms with Gasteiger partial charge in [-0.2, -0.15) is 4.68 Å². The lowest BCUT2D eigenvalue weighted by atomic mass is 10.1. The summed E-state index contributed by atoms with van der Waals surface area (Å²) in [4.78, 5) is 0. The lowest BCUT2D eigenvalue weighted by Gasteiger charge is -2.14. The number of benzene rings is 3. The lowest BCUT2D eigenvalue weighted by molar-refractivity contribution is 0.127. The summed E-state index contributed by atoms with van der Waals surface area (Å²) in [5, 5.41) is 24.9. The molecule has 0 aliphatic carbocycles. The summed E-state index contributed by atoms with van der Waals surface area (Å²) < 4.78 is 12.8. The van der Waals surface area contributed by atoms with Crippen LogP contribution in [0.5, 0.6) is 11.5 Å². The molecule has 29 heavy (non-hydrogen) atoms. The summed E-state index contributed by atoms with van der Waals surface area (Å²) in [6, 6.07) is 21.4. The van der Waals surface area contributed by atoms with Gasteiger partial charge in [0, 0.05) is 11.1 Å². The molecule has 7 nitrogen and oxygen atoms in total. The number of para-hydroxylation sites is 2. The van der Waals surface area contributed by atoms with E-state index in [0.29, 0.717) is 16.7 Å². The topological polar surface area (TPSA) is 82.3 Å². The van der Waals surface area contributed by atoms with Crippen molar-refractivity contribution in [2.45, 2.75) is 11.3 Å². The molecule has 1 aromatic heterocycles. The first-order chi connectivity index (χ1) is 14.3. The summed E-state index contributed by atoms with van der Waals surface area (Å²) in [6.45, 7) is 0.178. The van der Waals surface area contributed by atoms with Gasteiger partial charge >= 0.3 is 0 Å². The lowest BCUT2D eigenvalue weighted by Crippen LogP contribution is -2.20. The molecule has 3 aromatic carbocycles. The van der Waals surface area contributed by atoms with Gasteiger partial charge in [-0.05, 0) is 34.0 Å². The molecule has 0 unspecified atom stereocenters. The standard InChI is InChI=1S/C21H20N4O3S/c1-27-20-11-5-4-10-18(20)25-21(22-23-24-25)29-14-16(26)13-28-19-12-6-8-15-7-2-3-9-17(15)19/h2-12,16,26H,13-14H2,1H3/t16-/m0/s1. The van der Waals surface area contributed by atoms with Gasteiger partial charge in [-0.1, -0.05) is 60.3 Å². The van der Waals surface area contributed by atoms with Gasteiger partial charge in [0.2, 0.25) is 5.16 Å². The first kappa shape index (κ1) is 19.2. The van der Waals surface area contributed by atoms with Crippen molar-refractivity contribution in [1.29, 1.82) is 0 Å². The summed E-state index contributed by atoms with van der Waals surface area (Å²) in [6.07, 6.45) is -0.679. The molecule has 0 amide bonds. The van der Waals surface area contributed by atoms with E-state index in [1.165, 1.54) is 11.8 Å². The van der Waals surface area contributed by atoms with E-state index in [0.717, 1.165) is 22.2 Å². The van der Waals surface area contributed by atoms with E-state index in [4.69, 9.17) is 9.47 Å². The van der Waals surface area contributed by atoms with E-state index in [-0.39, 0.29) is 6.61 Å². The largest absolute Gasteiger partial charge is 0.494 e. The molecule has 0 aliphatic heterocycles. The van der Waals surface area contributed by atoms with Crippen LogP contribution in [0.25, 0.3) is 16.5 Å². The van der Waals surface area contributed by atoms with Crippen LogP contribution in [0.3, 0.4) is 0 Å². The van der Waals surface area contributed by atoms with Crippen molar-refractivity contribution in [3.05, 3.63) is 66.7 Å². The third kappa shape index (κ3) is 4.33. The van der Waals surface area contributed by atoms with Crippen molar-refractivity contribution in [3.63, 3.8) is 0 Å². The Kier molecular flexibility index (Phi) is 5.92. The van der Waals surface area contributed by atoms with Crippen molar-refractivity contribution in [2.75, 3.05) is 19.5 Å². The van der Waals surface area contributed by atoms with E-state index in [9.17, 15) is 5.11 Å². The zero-order chi connectivity index (χ0) is 20.1. The molecule has 0 spiro atoms. The number of ether oxygens (including phenoxy) is 2. The second-order valence-corrected chi connectivity index (χ2v) is 7.29. The van der Waals surface area contributed by atoms with Crippen LogP contribution in [0.2, 0.25) is 0 Å². The minimum Gasteiger partial charge on any atom is -0.494 e. The number of hydrogen-bond acceptors (Lipinski definition) is 7. The monoisotopic (exact) mass is 408 g/mol. The van der Waals surface area contributed by atoms with Gasteiger partial charge in [0.25, 0.3) is 0 Å². The van der Waals surface area contributed by atoms with Crippen molar-refractivity contribution >= 4 is 22.5 Å². The normalized spacial score (nSPS) is 12.1. The van der Waals surface area contributed by atoms with Crippen molar-refractivity contribution in [2.24, 2.45) is 0 Å². The minimum atomic E-state index is -0.679. The average Bonchev–Trinajstić information content (AvgIpc) is 3.24. The second-order valence-electron chi connectivity index (χ2n) is 6.30. The highest BCUT2D eigenvalue weighted by Gasteiger charge is 2.15. The fourth-order valence-corrected chi connectivity index (χ4v) is 3.74. The number of rotatable bonds is 8. The number of tetrazole rings is 1. The van der Waals surface area contributed by atoms with Crippen LogP contribution in [0, 0.1) is 0 Å². The number of fused-ring (bicyclic) bond motifs is 1. The Morgan fingerprint density at radius 1 is 1.00 bits per heavy atom. The number of nitrogens with zero attached hydrogens (tertiary/aromatic N) is 4. The van der Waals surface area contributed by atoms with Crippen LogP contribution >= 0.6 is 11.8 Å². The van der Waals surface area contributed by atoms with Crippen LogP contribution < -0.4 is 9.47 Å². The van der Waals surface area contributed by atoms with Gasteiger partial charge in [0.15, 0.2) is 0 Å². The number of aromatic nitrogens is 4.